The molecule has 0 unspecified atom stereocenters. The van der Waals surface area contributed by atoms with Crippen LogP contribution in [0, 0.1) is 19.3 Å². The summed E-state index contributed by atoms with van der Waals surface area (Å²) < 4.78 is 8.27. The van der Waals surface area contributed by atoms with E-state index in [1.165, 1.54) is 16.6 Å². The predicted octanol–water partition coefficient (Wildman–Crippen LogP) is 5.61. The average molecular weight is 436 g/mol. The SMILES string of the molecule is Cc1ccc(OCCCCn2c(CCCNC(=O)C(C)(C)C)nc3ccccc32)cc1C. The van der Waals surface area contributed by atoms with Gasteiger partial charge in [-0.1, -0.05) is 39.0 Å². The van der Waals surface area contributed by atoms with Gasteiger partial charge in [0.25, 0.3) is 0 Å². The largest absolute Gasteiger partial charge is 0.494 e. The summed E-state index contributed by atoms with van der Waals surface area (Å²) in [6, 6.07) is 14.6. The van der Waals surface area contributed by atoms with Crippen molar-refractivity contribution in [1.29, 1.82) is 0 Å². The number of rotatable bonds is 10. The van der Waals surface area contributed by atoms with Crippen LogP contribution >= 0.6 is 0 Å². The third-order valence-electron chi connectivity index (χ3n) is 5.80. The van der Waals surface area contributed by atoms with Gasteiger partial charge in [-0.25, -0.2) is 4.98 Å². The van der Waals surface area contributed by atoms with Gasteiger partial charge in [0.2, 0.25) is 5.91 Å². The zero-order valence-electron chi connectivity index (χ0n) is 20.2. The fourth-order valence-electron chi connectivity index (χ4n) is 3.65. The average Bonchev–Trinajstić information content (AvgIpc) is 3.10. The summed E-state index contributed by atoms with van der Waals surface area (Å²) in [7, 11) is 0. The first kappa shape index (κ1) is 23.8. The minimum atomic E-state index is -0.355. The Bertz CT molecular complexity index is 1050. The van der Waals surface area contributed by atoms with Crippen LogP contribution in [0.2, 0.25) is 0 Å². The molecule has 5 nitrogen and oxygen atoms in total. The summed E-state index contributed by atoms with van der Waals surface area (Å²) in [6.07, 6.45) is 3.73. The summed E-state index contributed by atoms with van der Waals surface area (Å²) in [4.78, 5) is 16.9. The number of para-hydroxylation sites is 2. The molecule has 1 heterocycles. The molecule has 0 atom stereocenters. The first-order valence-electron chi connectivity index (χ1n) is 11.7. The molecule has 1 amide bonds. The van der Waals surface area contributed by atoms with Gasteiger partial charge in [-0.05, 0) is 68.5 Å². The fourth-order valence-corrected chi connectivity index (χ4v) is 3.65. The maximum atomic E-state index is 12.1. The van der Waals surface area contributed by atoms with Crippen molar-refractivity contribution in [1.82, 2.24) is 14.9 Å². The number of ether oxygens (including phenoxy) is 1. The zero-order chi connectivity index (χ0) is 23.1. The minimum Gasteiger partial charge on any atom is -0.494 e. The molecule has 0 aliphatic heterocycles. The highest BCUT2D eigenvalue weighted by molar-refractivity contribution is 5.81. The number of hydrogen-bond acceptors (Lipinski definition) is 3. The van der Waals surface area contributed by atoms with Gasteiger partial charge in [0.15, 0.2) is 0 Å². The zero-order valence-corrected chi connectivity index (χ0v) is 20.2. The Morgan fingerprint density at radius 1 is 1.03 bits per heavy atom. The van der Waals surface area contributed by atoms with E-state index in [0.717, 1.165) is 49.3 Å². The smallest absolute Gasteiger partial charge is 0.225 e. The molecule has 32 heavy (non-hydrogen) atoms. The second-order valence-corrected chi connectivity index (χ2v) is 9.58. The van der Waals surface area contributed by atoms with Crippen LogP contribution in [0.15, 0.2) is 42.5 Å². The van der Waals surface area contributed by atoms with E-state index in [2.05, 4.69) is 54.1 Å². The van der Waals surface area contributed by atoms with Crippen LogP contribution in [0.3, 0.4) is 0 Å². The number of imidazole rings is 1. The molecule has 3 rings (SSSR count). The van der Waals surface area contributed by atoms with Gasteiger partial charge in [0.1, 0.15) is 11.6 Å². The van der Waals surface area contributed by atoms with Crippen molar-refractivity contribution in [2.45, 2.75) is 66.8 Å². The van der Waals surface area contributed by atoms with Crippen LogP contribution in [-0.2, 0) is 17.8 Å². The Hall–Kier alpha value is -2.82. The Balaban J connectivity index is 1.53. The molecule has 0 aliphatic rings. The maximum Gasteiger partial charge on any atom is 0.225 e. The van der Waals surface area contributed by atoms with Gasteiger partial charge in [-0.2, -0.15) is 0 Å². The van der Waals surface area contributed by atoms with Crippen molar-refractivity contribution in [2.75, 3.05) is 13.2 Å². The molecule has 5 heteroatoms. The third kappa shape index (κ3) is 6.35. The summed E-state index contributed by atoms with van der Waals surface area (Å²) >= 11 is 0. The van der Waals surface area contributed by atoms with Crippen LogP contribution in [0.4, 0.5) is 0 Å². The second-order valence-electron chi connectivity index (χ2n) is 9.58. The highest BCUT2D eigenvalue weighted by Crippen LogP contribution is 2.19. The van der Waals surface area contributed by atoms with E-state index in [1.54, 1.807) is 0 Å². The fraction of sp³-hybridized carbons (Fsp3) is 0.481. The Kier molecular flexibility index (Phi) is 7.94. The van der Waals surface area contributed by atoms with E-state index >= 15 is 0 Å². The minimum absolute atomic E-state index is 0.0924. The number of amides is 1. The number of aromatic nitrogens is 2. The lowest BCUT2D eigenvalue weighted by atomic mass is 9.96. The van der Waals surface area contributed by atoms with Gasteiger partial charge in [0, 0.05) is 24.9 Å². The van der Waals surface area contributed by atoms with E-state index in [9.17, 15) is 4.79 Å². The molecule has 0 radical (unpaired) electrons. The number of unbranched alkanes of at least 4 members (excludes halogenated alkanes) is 1. The number of nitrogens with zero attached hydrogens (tertiary/aromatic N) is 2. The normalized spacial score (nSPS) is 11.7. The van der Waals surface area contributed by atoms with Crippen LogP contribution in [0.1, 0.15) is 57.0 Å². The summed E-state index contributed by atoms with van der Waals surface area (Å²) in [5.41, 5.74) is 4.40. The molecule has 0 fully saturated rings. The molecule has 0 saturated carbocycles. The number of carbonyl (C=O) groups excluding carboxylic acids is 1. The van der Waals surface area contributed by atoms with Crippen molar-refractivity contribution in [3.05, 3.63) is 59.4 Å². The number of nitrogens with one attached hydrogen (secondary N) is 1. The standard InChI is InChI=1S/C27H37N3O2/c1-20-14-15-22(19-21(20)2)32-18-9-8-17-30-24-12-7-6-11-23(24)29-25(30)13-10-16-28-26(31)27(3,4)5/h6-7,11-12,14-15,19H,8-10,13,16-18H2,1-5H3,(H,28,31). The Morgan fingerprint density at radius 3 is 2.56 bits per heavy atom. The number of hydrogen-bond donors (Lipinski definition) is 1. The molecule has 1 N–H and O–H groups in total. The molecule has 2 aromatic carbocycles. The Labute approximate surface area is 192 Å². The van der Waals surface area contributed by atoms with Gasteiger partial charge in [0.05, 0.1) is 17.6 Å². The number of fused-ring (bicyclic) bond motifs is 1. The summed E-state index contributed by atoms with van der Waals surface area (Å²) in [5, 5.41) is 3.04. The molecule has 3 aromatic rings. The van der Waals surface area contributed by atoms with Crippen LogP contribution in [-0.4, -0.2) is 28.6 Å². The first-order chi connectivity index (χ1) is 15.3. The molecule has 0 spiro atoms. The third-order valence-corrected chi connectivity index (χ3v) is 5.80. The first-order valence-corrected chi connectivity index (χ1v) is 11.7. The van der Waals surface area contributed by atoms with E-state index in [-0.39, 0.29) is 11.3 Å². The molecular formula is C27H37N3O2. The summed E-state index contributed by atoms with van der Waals surface area (Å²) in [5.74, 6) is 2.13. The lowest BCUT2D eigenvalue weighted by Gasteiger charge is -2.17. The van der Waals surface area contributed by atoms with Crippen molar-refractivity contribution >= 4 is 16.9 Å². The van der Waals surface area contributed by atoms with Crippen LogP contribution < -0.4 is 10.1 Å². The van der Waals surface area contributed by atoms with Gasteiger partial charge < -0.3 is 14.6 Å². The number of benzene rings is 2. The monoisotopic (exact) mass is 435 g/mol. The van der Waals surface area contributed by atoms with Crippen LogP contribution in [0.5, 0.6) is 5.75 Å². The van der Waals surface area contributed by atoms with E-state index < -0.39 is 0 Å². The van der Waals surface area contributed by atoms with Crippen molar-refractivity contribution in [3.8, 4) is 5.75 Å². The van der Waals surface area contributed by atoms with Gasteiger partial charge >= 0.3 is 0 Å². The quantitative estimate of drug-likeness (QED) is 0.421. The van der Waals surface area contributed by atoms with Crippen molar-refractivity contribution in [3.63, 3.8) is 0 Å². The molecule has 0 bridgehead atoms. The molecule has 0 aliphatic carbocycles. The van der Waals surface area contributed by atoms with E-state index in [0.29, 0.717) is 13.2 Å². The van der Waals surface area contributed by atoms with Crippen LogP contribution in [0.25, 0.3) is 11.0 Å². The maximum absolute atomic E-state index is 12.1. The van der Waals surface area contributed by atoms with E-state index in [1.807, 2.05) is 32.9 Å². The van der Waals surface area contributed by atoms with Gasteiger partial charge in [-0.15, -0.1) is 0 Å². The second kappa shape index (κ2) is 10.7. The summed E-state index contributed by atoms with van der Waals surface area (Å²) in [6.45, 7) is 12.3. The van der Waals surface area contributed by atoms with Gasteiger partial charge in [-0.3, -0.25) is 4.79 Å². The molecule has 1 aromatic heterocycles. The predicted molar refractivity (Wildman–Crippen MR) is 131 cm³/mol. The lowest BCUT2D eigenvalue weighted by Crippen LogP contribution is -2.35. The molecule has 0 saturated heterocycles. The van der Waals surface area contributed by atoms with Crippen molar-refractivity contribution in [2.24, 2.45) is 5.41 Å². The highest BCUT2D eigenvalue weighted by Gasteiger charge is 2.20. The molecule has 172 valence electrons. The van der Waals surface area contributed by atoms with E-state index in [4.69, 9.17) is 9.72 Å². The molecular weight excluding hydrogens is 398 g/mol. The lowest BCUT2D eigenvalue weighted by molar-refractivity contribution is -0.128. The topological polar surface area (TPSA) is 56.1 Å². The highest BCUT2D eigenvalue weighted by atomic mass is 16.5. The Morgan fingerprint density at radius 2 is 1.81 bits per heavy atom. The van der Waals surface area contributed by atoms with Crippen molar-refractivity contribution < 1.29 is 9.53 Å². The number of aryl methyl sites for hydroxylation is 4. The number of carbonyl (C=O) groups is 1.